The summed E-state index contributed by atoms with van der Waals surface area (Å²) in [6.45, 7) is 2.02. The first-order valence-electron chi connectivity index (χ1n) is 9.41. The Bertz CT molecular complexity index is 1090. The molecule has 3 rings (SSSR count). The minimum Gasteiger partial charge on any atom is -0.356 e. The third kappa shape index (κ3) is 6.68. The first kappa shape index (κ1) is 24.0. The van der Waals surface area contributed by atoms with Gasteiger partial charge in [-0.15, -0.1) is 10.2 Å². The van der Waals surface area contributed by atoms with Crippen LogP contribution in [0.4, 0.5) is 0 Å². The lowest BCUT2D eigenvalue weighted by Crippen LogP contribution is -2.21. The van der Waals surface area contributed by atoms with Crippen molar-refractivity contribution >= 4 is 69.2 Å². The van der Waals surface area contributed by atoms with Crippen LogP contribution in [0.15, 0.2) is 47.6 Å². The molecule has 3 aromatic rings. The molecule has 0 atom stereocenters. The highest BCUT2D eigenvalue weighted by Crippen LogP contribution is 2.29. The lowest BCUT2D eigenvalue weighted by Gasteiger charge is -2.11. The summed E-state index contributed by atoms with van der Waals surface area (Å²) in [5, 5.41) is 12.8. The molecule has 0 aliphatic rings. The van der Waals surface area contributed by atoms with E-state index in [2.05, 4.69) is 38.1 Å². The highest BCUT2D eigenvalue weighted by Gasteiger charge is 2.17. The summed E-state index contributed by atoms with van der Waals surface area (Å²) >= 11 is 15.8. The Kier molecular flexibility index (Phi) is 8.76. The van der Waals surface area contributed by atoms with Gasteiger partial charge < -0.3 is 5.32 Å². The molecular weight excluding hydrogens is 570 g/mol. The molecule has 1 N–H and O–H groups in total. The Morgan fingerprint density at radius 1 is 1.10 bits per heavy atom. The molecule has 0 bridgehead atoms. The number of aromatic nitrogens is 3. The molecule has 0 saturated carbocycles. The number of nitrogens with zero attached hydrogens (tertiary/aromatic N) is 3. The van der Waals surface area contributed by atoms with E-state index in [1.165, 1.54) is 18.7 Å². The fourth-order valence-corrected chi connectivity index (χ4v) is 4.32. The van der Waals surface area contributed by atoms with Crippen molar-refractivity contribution in [2.75, 3.05) is 12.3 Å². The average Bonchev–Trinajstić information content (AvgIpc) is 3.14. The minimum atomic E-state index is -0.0729. The van der Waals surface area contributed by atoms with Crippen molar-refractivity contribution in [3.63, 3.8) is 0 Å². The van der Waals surface area contributed by atoms with Gasteiger partial charge in [-0.3, -0.25) is 14.2 Å². The second kappa shape index (κ2) is 11.3. The maximum absolute atomic E-state index is 12.6. The van der Waals surface area contributed by atoms with Crippen molar-refractivity contribution in [3.05, 3.63) is 67.5 Å². The summed E-state index contributed by atoms with van der Waals surface area (Å²) in [5.74, 6) is 0.882. The summed E-state index contributed by atoms with van der Waals surface area (Å²) in [4.78, 5) is 23.7. The maximum atomic E-state index is 12.6. The van der Waals surface area contributed by atoms with E-state index in [0.717, 1.165) is 9.26 Å². The largest absolute Gasteiger partial charge is 0.356 e. The van der Waals surface area contributed by atoms with Crippen molar-refractivity contribution in [1.82, 2.24) is 20.1 Å². The van der Waals surface area contributed by atoms with Crippen LogP contribution < -0.4 is 5.32 Å². The Morgan fingerprint density at radius 2 is 1.84 bits per heavy atom. The summed E-state index contributed by atoms with van der Waals surface area (Å²) in [6, 6.07) is 12.7. The van der Waals surface area contributed by atoms with E-state index in [9.17, 15) is 9.59 Å². The molecule has 1 heterocycles. The minimum absolute atomic E-state index is 0.0114. The molecule has 0 aliphatic heterocycles. The normalized spacial score (nSPS) is 10.8. The van der Waals surface area contributed by atoms with E-state index >= 15 is 0 Å². The van der Waals surface area contributed by atoms with Gasteiger partial charge >= 0.3 is 0 Å². The van der Waals surface area contributed by atoms with Gasteiger partial charge in [0.05, 0.1) is 21.5 Å². The molecule has 0 saturated heterocycles. The Hall–Kier alpha value is -1.62. The van der Waals surface area contributed by atoms with E-state index in [1.54, 1.807) is 12.1 Å². The van der Waals surface area contributed by atoms with E-state index in [4.69, 9.17) is 23.2 Å². The quantitative estimate of drug-likeness (QED) is 0.160. The highest BCUT2D eigenvalue weighted by molar-refractivity contribution is 14.1. The monoisotopic (exact) mass is 588 g/mol. The number of rotatable bonds is 9. The van der Waals surface area contributed by atoms with Crippen molar-refractivity contribution in [2.45, 2.75) is 24.9 Å². The van der Waals surface area contributed by atoms with Gasteiger partial charge in [0.25, 0.3) is 0 Å². The van der Waals surface area contributed by atoms with Gasteiger partial charge in [-0.2, -0.15) is 0 Å². The van der Waals surface area contributed by atoms with Crippen LogP contribution in [0.25, 0.3) is 5.69 Å². The van der Waals surface area contributed by atoms with E-state index in [-0.39, 0.29) is 17.4 Å². The molecule has 0 radical (unpaired) electrons. The van der Waals surface area contributed by atoms with Crippen LogP contribution in [0, 0.1) is 3.57 Å². The van der Waals surface area contributed by atoms with Crippen LogP contribution in [-0.4, -0.2) is 38.8 Å². The lowest BCUT2D eigenvalue weighted by molar-refractivity contribution is -0.118. The number of thioether (sulfide) groups is 1. The molecule has 10 heteroatoms. The smallest absolute Gasteiger partial charge is 0.216 e. The Morgan fingerprint density at radius 3 is 2.52 bits per heavy atom. The third-order valence-electron chi connectivity index (χ3n) is 4.31. The predicted octanol–water partition coefficient (Wildman–Crippen LogP) is 5.22. The van der Waals surface area contributed by atoms with Gasteiger partial charge in [-0.25, -0.2) is 0 Å². The number of amides is 1. The van der Waals surface area contributed by atoms with Crippen LogP contribution in [0.3, 0.4) is 0 Å². The zero-order valence-corrected chi connectivity index (χ0v) is 21.1. The third-order valence-corrected chi connectivity index (χ3v) is 6.70. The fraction of sp³-hybridized carbons (Fsp3) is 0.238. The summed E-state index contributed by atoms with van der Waals surface area (Å²) in [6.07, 6.45) is 1.30. The van der Waals surface area contributed by atoms with E-state index < -0.39 is 0 Å². The van der Waals surface area contributed by atoms with Gasteiger partial charge in [0.2, 0.25) is 5.91 Å². The molecule has 31 heavy (non-hydrogen) atoms. The summed E-state index contributed by atoms with van der Waals surface area (Å²) < 4.78 is 2.95. The van der Waals surface area contributed by atoms with Crippen molar-refractivity contribution in [1.29, 1.82) is 0 Å². The standard InChI is InChI=1S/C21H19Cl2IN4O2S/c1-13(29)25-10-2-3-20-26-27-21(28(20)16-8-9-17(22)18(23)11-16)31-12-19(30)14-4-6-15(24)7-5-14/h4-9,11H,2-3,10,12H2,1H3,(H,25,29). The van der Waals surface area contributed by atoms with Crippen LogP contribution >= 0.6 is 57.6 Å². The Balaban J connectivity index is 1.81. The molecule has 0 unspecified atom stereocenters. The van der Waals surface area contributed by atoms with Gasteiger partial charge in [-0.05, 0) is 59.3 Å². The number of carbonyl (C=O) groups is 2. The number of hydrogen-bond acceptors (Lipinski definition) is 5. The predicted molar refractivity (Wildman–Crippen MR) is 133 cm³/mol. The van der Waals surface area contributed by atoms with Gasteiger partial charge in [0.15, 0.2) is 10.9 Å². The number of ketones is 1. The topological polar surface area (TPSA) is 76.9 Å². The molecular formula is C21H19Cl2IN4O2S. The zero-order chi connectivity index (χ0) is 22.4. The number of carbonyl (C=O) groups excluding carboxylic acids is 2. The van der Waals surface area contributed by atoms with Crippen molar-refractivity contribution < 1.29 is 9.59 Å². The number of nitrogens with one attached hydrogen (secondary N) is 1. The zero-order valence-electron chi connectivity index (χ0n) is 16.6. The molecule has 2 aromatic carbocycles. The fourth-order valence-electron chi connectivity index (χ4n) is 2.80. The lowest BCUT2D eigenvalue weighted by atomic mass is 10.2. The van der Waals surface area contributed by atoms with E-state index in [1.807, 2.05) is 34.9 Å². The first-order chi connectivity index (χ1) is 14.8. The van der Waals surface area contributed by atoms with Crippen LogP contribution in [0.2, 0.25) is 10.0 Å². The Labute approximate surface area is 208 Å². The van der Waals surface area contributed by atoms with Gasteiger partial charge in [0, 0.05) is 29.0 Å². The SMILES string of the molecule is CC(=O)NCCCc1nnc(SCC(=O)c2ccc(I)cc2)n1-c1ccc(Cl)c(Cl)c1. The summed E-state index contributed by atoms with van der Waals surface area (Å²) in [5.41, 5.74) is 1.42. The van der Waals surface area contributed by atoms with Gasteiger partial charge in [0.1, 0.15) is 5.82 Å². The highest BCUT2D eigenvalue weighted by atomic mass is 127. The molecule has 1 amide bonds. The molecule has 0 fully saturated rings. The molecule has 0 spiro atoms. The first-order valence-corrected chi connectivity index (χ1v) is 12.2. The molecule has 1 aromatic heterocycles. The van der Waals surface area contributed by atoms with E-state index in [0.29, 0.717) is 46.0 Å². The number of benzene rings is 2. The number of aryl methyl sites for hydroxylation is 1. The summed E-state index contributed by atoms with van der Waals surface area (Å²) in [7, 11) is 0. The number of halogens is 3. The van der Waals surface area contributed by atoms with Crippen molar-refractivity contribution in [2.24, 2.45) is 0 Å². The second-order valence-electron chi connectivity index (χ2n) is 6.64. The molecule has 6 nitrogen and oxygen atoms in total. The number of Topliss-reactive ketones (excluding diaryl/α,β-unsaturated/α-hetero) is 1. The number of hydrogen-bond donors (Lipinski definition) is 1. The van der Waals surface area contributed by atoms with Crippen molar-refractivity contribution in [3.8, 4) is 5.69 Å². The maximum Gasteiger partial charge on any atom is 0.216 e. The van der Waals surface area contributed by atoms with Gasteiger partial charge in [-0.1, -0.05) is 47.1 Å². The van der Waals surface area contributed by atoms with Crippen LogP contribution in [0.5, 0.6) is 0 Å². The molecule has 0 aliphatic carbocycles. The second-order valence-corrected chi connectivity index (χ2v) is 9.64. The van der Waals surface area contributed by atoms with Crippen LogP contribution in [-0.2, 0) is 11.2 Å². The van der Waals surface area contributed by atoms with Crippen LogP contribution in [0.1, 0.15) is 29.5 Å². The average molecular weight is 589 g/mol. The molecule has 162 valence electrons.